The van der Waals surface area contributed by atoms with Crippen LogP contribution < -0.4 is 4.90 Å². The van der Waals surface area contributed by atoms with Gasteiger partial charge in [0.2, 0.25) is 0 Å². The van der Waals surface area contributed by atoms with Crippen molar-refractivity contribution in [2.24, 2.45) is 0 Å². The van der Waals surface area contributed by atoms with Crippen LogP contribution in [-0.4, -0.2) is 57.1 Å². The molecule has 1 saturated heterocycles. The maximum absolute atomic E-state index is 10.8. The number of aromatic nitrogens is 4. The Labute approximate surface area is 140 Å². The lowest BCUT2D eigenvalue weighted by molar-refractivity contribution is -0.136. The zero-order valence-corrected chi connectivity index (χ0v) is 13.9. The molecule has 3 rings (SSSR count). The molecule has 24 heavy (non-hydrogen) atoms. The molecule has 0 saturated carbocycles. The fraction of sp³-hybridized carbons (Fsp3) is 0.500. The number of ether oxygens (including phenoxy) is 1. The van der Waals surface area contributed by atoms with Crippen molar-refractivity contribution in [3.8, 4) is 5.82 Å². The Kier molecular flexibility index (Phi) is 4.75. The van der Waals surface area contributed by atoms with Crippen molar-refractivity contribution < 1.29 is 14.6 Å². The molecule has 128 valence electrons. The highest BCUT2D eigenvalue weighted by Gasteiger charge is 2.17. The van der Waals surface area contributed by atoms with E-state index in [1.165, 1.54) is 6.33 Å². The first-order valence-corrected chi connectivity index (χ1v) is 7.98. The number of aliphatic carboxylic acids is 1. The summed E-state index contributed by atoms with van der Waals surface area (Å²) in [6.07, 6.45) is 2.10. The molecule has 1 fully saturated rings. The Balaban J connectivity index is 1.88. The summed E-state index contributed by atoms with van der Waals surface area (Å²) in [6.45, 7) is 6.82. The highest BCUT2D eigenvalue weighted by molar-refractivity contribution is 5.67. The zero-order valence-electron chi connectivity index (χ0n) is 13.9. The van der Waals surface area contributed by atoms with Crippen molar-refractivity contribution in [3.63, 3.8) is 0 Å². The summed E-state index contributed by atoms with van der Waals surface area (Å²) in [5.74, 6) is 0.731. The fourth-order valence-corrected chi connectivity index (χ4v) is 2.91. The summed E-state index contributed by atoms with van der Waals surface area (Å²) in [5, 5.41) is 13.4. The van der Waals surface area contributed by atoms with Gasteiger partial charge in [-0.1, -0.05) is 0 Å². The number of nitrogens with zero attached hydrogens (tertiary/aromatic N) is 5. The largest absolute Gasteiger partial charge is 0.481 e. The van der Waals surface area contributed by atoms with E-state index < -0.39 is 5.97 Å². The molecule has 0 amide bonds. The van der Waals surface area contributed by atoms with Gasteiger partial charge in [0.05, 0.1) is 18.9 Å². The Morgan fingerprint density at radius 3 is 2.67 bits per heavy atom. The maximum Gasteiger partial charge on any atom is 0.303 e. The van der Waals surface area contributed by atoms with E-state index in [-0.39, 0.29) is 6.42 Å². The molecule has 0 unspecified atom stereocenters. The third-order valence-corrected chi connectivity index (χ3v) is 4.22. The van der Waals surface area contributed by atoms with E-state index in [0.29, 0.717) is 25.5 Å². The monoisotopic (exact) mass is 331 g/mol. The van der Waals surface area contributed by atoms with Crippen molar-refractivity contribution in [1.29, 1.82) is 0 Å². The molecule has 0 radical (unpaired) electrons. The second-order valence-corrected chi connectivity index (χ2v) is 5.79. The van der Waals surface area contributed by atoms with Crippen molar-refractivity contribution >= 4 is 11.8 Å². The lowest BCUT2D eigenvalue weighted by atomic mass is 10.1. The highest BCUT2D eigenvalue weighted by atomic mass is 16.5. The van der Waals surface area contributed by atoms with Crippen LogP contribution in [0.4, 0.5) is 5.82 Å². The number of aryl methyl sites for hydroxylation is 1. The number of hydrogen-bond donors (Lipinski definition) is 1. The molecular formula is C16H21N5O3. The van der Waals surface area contributed by atoms with Gasteiger partial charge in [0.15, 0.2) is 5.82 Å². The molecule has 2 aromatic rings. The van der Waals surface area contributed by atoms with Gasteiger partial charge >= 0.3 is 5.97 Å². The number of rotatable bonds is 5. The number of morpholine rings is 1. The average Bonchev–Trinajstić information content (AvgIpc) is 2.88. The third kappa shape index (κ3) is 3.38. The van der Waals surface area contributed by atoms with E-state index in [0.717, 1.165) is 35.9 Å². The van der Waals surface area contributed by atoms with Crippen LogP contribution in [0.25, 0.3) is 5.82 Å². The molecule has 0 spiro atoms. The Hall–Kier alpha value is -2.48. The van der Waals surface area contributed by atoms with Crippen LogP contribution in [0.1, 0.15) is 23.4 Å². The summed E-state index contributed by atoms with van der Waals surface area (Å²) in [4.78, 5) is 21.7. The van der Waals surface area contributed by atoms with Crippen LogP contribution in [0.15, 0.2) is 12.4 Å². The van der Waals surface area contributed by atoms with Gasteiger partial charge in [-0.15, -0.1) is 0 Å². The molecule has 8 nitrogen and oxygen atoms in total. The number of carboxylic acids is 1. The minimum absolute atomic E-state index is 0.0934. The molecule has 1 aliphatic rings. The third-order valence-electron chi connectivity index (χ3n) is 4.22. The van der Waals surface area contributed by atoms with E-state index in [2.05, 4.69) is 20.0 Å². The van der Waals surface area contributed by atoms with Crippen LogP contribution in [0, 0.1) is 13.8 Å². The predicted molar refractivity (Wildman–Crippen MR) is 87.6 cm³/mol. The van der Waals surface area contributed by atoms with Crippen LogP contribution in [0.2, 0.25) is 0 Å². The van der Waals surface area contributed by atoms with Crippen LogP contribution >= 0.6 is 0 Å². The minimum atomic E-state index is -0.807. The van der Waals surface area contributed by atoms with Gasteiger partial charge in [0.1, 0.15) is 12.1 Å². The summed E-state index contributed by atoms with van der Waals surface area (Å²) in [7, 11) is 0. The first-order valence-electron chi connectivity index (χ1n) is 7.98. The van der Waals surface area contributed by atoms with Crippen molar-refractivity contribution in [3.05, 3.63) is 29.3 Å². The van der Waals surface area contributed by atoms with Gasteiger partial charge in [-0.2, -0.15) is 5.10 Å². The molecule has 2 aromatic heterocycles. The van der Waals surface area contributed by atoms with Crippen LogP contribution in [0.5, 0.6) is 0 Å². The summed E-state index contributed by atoms with van der Waals surface area (Å²) < 4.78 is 7.13. The quantitative estimate of drug-likeness (QED) is 0.878. The smallest absolute Gasteiger partial charge is 0.303 e. The molecular weight excluding hydrogens is 310 g/mol. The topological polar surface area (TPSA) is 93.4 Å². The van der Waals surface area contributed by atoms with Crippen molar-refractivity contribution in [1.82, 2.24) is 19.7 Å². The van der Waals surface area contributed by atoms with Gasteiger partial charge < -0.3 is 14.7 Å². The highest BCUT2D eigenvalue weighted by Crippen LogP contribution is 2.20. The molecule has 0 bridgehead atoms. The SMILES string of the molecule is Cc1nn(-c2cc(N3CCOCC3)ncn2)c(C)c1CCC(=O)O. The van der Waals surface area contributed by atoms with E-state index in [1.807, 2.05) is 19.9 Å². The second kappa shape index (κ2) is 6.96. The van der Waals surface area contributed by atoms with Crippen LogP contribution in [-0.2, 0) is 16.0 Å². The van der Waals surface area contributed by atoms with Gasteiger partial charge in [0, 0.05) is 31.3 Å². The van der Waals surface area contributed by atoms with Gasteiger partial charge in [0.25, 0.3) is 0 Å². The molecule has 0 atom stereocenters. The first kappa shape index (κ1) is 16.4. The minimum Gasteiger partial charge on any atom is -0.481 e. The van der Waals surface area contributed by atoms with Crippen molar-refractivity contribution in [2.75, 3.05) is 31.2 Å². The lowest BCUT2D eigenvalue weighted by Gasteiger charge is -2.27. The van der Waals surface area contributed by atoms with Gasteiger partial charge in [-0.05, 0) is 25.8 Å². The number of carbonyl (C=O) groups is 1. The molecule has 1 aliphatic heterocycles. The molecule has 1 N–H and O–H groups in total. The molecule has 0 aliphatic carbocycles. The first-order chi connectivity index (χ1) is 11.6. The maximum atomic E-state index is 10.8. The zero-order chi connectivity index (χ0) is 17.1. The number of hydrogen-bond acceptors (Lipinski definition) is 6. The van der Waals surface area contributed by atoms with Gasteiger partial charge in [-0.25, -0.2) is 14.6 Å². The van der Waals surface area contributed by atoms with E-state index in [9.17, 15) is 4.79 Å². The van der Waals surface area contributed by atoms with Crippen LogP contribution in [0.3, 0.4) is 0 Å². The average molecular weight is 331 g/mol. The summed E-state index contributed by atoms with van der Waals surface area (Å²) >= 11 is 0. The van der Waals surface area contributed by atoms with E-state index in [4.69, 9.17) is 9.84 Å². The standard InChI is InChI=1S/C16H21N5O3/c1-11-13(3-4-16(22)23)12(2)21(19-11)15-9-14(17-10-18-15)20-5-7-24-8-6-20/h9-10H,3-8H2,1-2H3,(H,22,23). The fourth-order valence-electron chi connectivity index (χ4n) is 2.91. The number of anilines is 1. The second-order valence-electron chi connectivity index (χ2n) is 5.79. The van der Waals surface area contributed by atoms with Crippen molar-refractivity contribution in [2.45, 2.75) is 26.7 Å². The number of carboxylic acid groups (broad SMARTS) is 1. The Bertz CT molecular complexity index is 737. The molecule has 8 heteroatoms. The van der Waals surface area contributed by atoms with Gasteiger partial charge in [-0.3, -0.25) is 4.79 Å². The Morgan fingerprint density at radius 1 is 1.25 bits per heavy atom. The lowest BCUT2D eigenvalue weighted by Crippen LogP contribution is -2.36. The van der Waals surface area contributed by atoms with E-state index >= 15 is 0 Å². The molecule has 0 aromatic carbocycles. The Morgan fingerprint density at radius 2 is 1.96 bits per heavy atom. The van der Waals surface area contributed by atoms with E-state index in [1.54, 1.807) is 4.68 Å². The normalized spacial score (nSPS) is 14.8. The summed E-state index contributed by atoms with van der Waals surface area (Å²) in [5.41, 5.74) is 2.71. The predicted octanol–water partition coefficient (Wildman–Crippen LogP) is 1.13. The molecule has 3 heterocycles. The summed E-state index contributed by atoms with van der Waals surface area (Å²) in [6, 6.07) is 1.91.